The number of fused-ring (bicyclic) bond motifs is 2. The van der Waals surface area contributed by atoms with Crippen molar-refractivity contribution in [1.82, 2.24) is 4.90 Å². The molecule has 9 nitrogen and oxygen atoms in total. The van der Waals surface area contributed by atoms with Crippen LogP contribution in [0.5, 0.6) is 0 Å². The average Bonchev–Trinajstić information content (AvgIpc) is 3.51. The predicted octanol–water partition coefficient (Wildman–Crippen LogP) is 4.04. The minimum Gasteiger partial charge on any atom is -0.454 e. The highest BCUT2D eigenvalue weighted by Crippen LogP contribution is 2.80. The van der Waals surface area contributed by atoms with Crippen LogP contribution in [0.2, 0.25) is 0 Å². The molecule has 5 aliphatic carbocycles. The van der Waals surface area contributed by atoms with Gasteiger partial charge in [-0.25, -0.2) is 4.79 Å². The van der Waals surface area contributed by atoms with E-state index in [1.807, 2.05) is 30.3 Å². The number of carbonyl (C=O) groups excluding carboxylic acids is 2. The van der Waals surface area contributed by atoms with Crippen molar-refractivity contribution in [3.05, 3.63) is 69.7 Å². The highest BCUT2D eigenvalue weighted by Gasteiger charge is 2.88. The average molecular weight is 725 g/mol. The van der Waals surface area contributed by atoms with Gasteiger partial charge in [0.15, 0.2) is 5.78 Å². The Morgan fingerprint density at radius 3 is 2.42 bits per heavy atom. The van der Waals surface area contributed by atoms with Crippen molar-refractivity contribution in [2.45, 2.75) is 80.5 Å². The number of likely N-dealkylation sites (tertiary alicyclic amines) is 1. The molecule has 1 spiro atoms. The Hall–Kier alpha value is -2.18. The van der Waals surface area contributed by atoms with Gasteiger partial charge in [0.25, 0.3) is 0 Å². The molecule has 6 aliphatic rings. The van der Waals surface area contributed by atoms with Crippen molar-refractivity contribution in [3.8, 4) is 0 Å². The number of piperidine rings is 1. The lowest BCUT2D eigenvalue weighted by Crippen LogP contribution is -2.82. The molecule has 2 aromatic carbocycles. The molecule has 3 N–H and O–H groups in total. The van der Waals surface area contributed by atoms with Gasteiger partial charge in [-0.1, -0.05) is 59.3 Å². The molecule has 48 heavy (non-hydrogen) atoms. The van der Waals surface area contributed by atoms with Gasteiger partial charge in [0.05, 0.1) is 17.8 Å². The Balaban J connectivity index is 1.20. The molecule has 2 aromatic rings. The quantitative estimate of drug-likeness (QED) is 0.260. The molecular formula is C38H46BrNO8. The van der Waals surface area contributed by atoms with Gasteiger partial charge in [-0.2, -0.15) is 0 Å². The summed E-state index contributed by atoms with van der Waals surface area (Å²) in [6, 6.07) is 14.4. The molecule has 6 fully saturated rings. The number of nitrogens with zero attached hydrogens (tertiary/aromatic N) is 1. The molecule has 1 saturated heterocycles. The molecule has 7 bridgehead atoms. The van der Waals surface area contributed by atoms with Crippen LogP contribution in [0.1, 0.15) is 65.3 Å². The number of rotatable bonds is 9. The minimum absolute atomic E-state index is 0.0394. The van der Waals surface area contributed by atoms with Crippen LogP contribution in [0.4, 0.5) is 0 Å². The minimum atomic E-state index is -1.52. The maximum Gasteiger partial charge on any atom is 0.339 e. The summed E-state index contributed by atoms with van der Waals surface area (Å²) in [4.78, 5) is 30.2. The molecule has 0 aromatic heterocycles. The Morgan fingerprint density at radius 2 is 1.73 bits per heavy atom. The fourth-order valence-electron chi connectivity index (χ4n) is 12.6. The van der Waals surface area contributed by atoms with Crippen molar-refractivity contribution in [1.29, 1.82) is 0 Å². The number of ether oxygens (including phenoxy) is 3. The number of carbonyl (C=O) groups is 2. The summed E-state index contributed by atoms with van der Waals surface area (Å²) in [7, 11) is 3.28. The lowest BCUT2D eigenvalue weighted by molar-refractivity contribution is -0.333. The molecule has 258 valence electrons. The lowest BCUT2D eigenvalue weighted by Gasteiger charge is -2.71. The summed E-state index contributed by atoms with van der Waals surface area (Å²) in [5.41, 5.74) is -2.95. The van der Waals surface area contributed by atoms with Crippen LogP contribution < -0.4 is 0 Å². The first-order valence-corrected chi connectivity index (χ1v) is 18.3. The van der Waals surface area contributed by atoms with E-state index < -0.39 is 34.3 Å². The van der Waals surface area contributed by atoms with Crippen LogP contribution >= 0.6 is 15.9 Å². The normalized spacial score (nSPS) is 43.6. The number of halogens is 1. The number of aliphatic hydroxyl groups is 3. The molecule has 8 rings (SSSR count). The van der Waals surface area contributed by atoms with Crippen molar-refractivity contribution in [2.24, 2.45) is 35.0 Å². The smallest absolute Gasteiger partial charge is 0.339 e. The van der Waals surface area contributed by atoms with E-state index in [1.54, 1.807) is 32.4 Å². The second kappa shape index (κ2) is 11.4. The molecule has 12 atom stereocenters. The zero-order chi connectivity index (χ0) is 33.8. The molecule has 0 radical (unpaired) electrons. The summed E-state index contributed by atoms with van der Waals surface area (Å²) < 4.78 is 19.6. The molecule has 5 saturated carbocycles. The summed E-state index contributed by atoms with van der Waals surface area (Å²) in [5.74, 6) is -1.67. The SMILES string of the molecule is CCN1C[C@]2(OC(=O)c3ccccc3CC(=O)c3ccccc3Br)CC[C@H](CO)[C@]34C1[C@H](CC23)[C@@]1(O)C[C@H](OC)[C@H]2CC4[C@]1(O)[C@H]2OC. The highest BCUT2D eigenvalue weighted by atomic mass is 79.9. The van der Waals surface area contributed by atoms with E-state index in [2.05, 4.69) is 27.8 Å². The number of ketones is 1. The number of Topliss-reactive ketones (excluding diaryl/α,β-unsaturated/α-hetero) is 1. The van der Waals surface area contributed by atoms with Crippen molar-refractivity contribution >= 4 is 27.7 Å². The van der Waals surface area contributed by atoms with E-state index in [0.29, 0.717) is 66.4 Å². The number of hydrogen-bond donors (Lipinski definition) is 3. The Kier molecular flexibility index (Phi) is 7.85. The first kappa shape index (κ1) is 33.0. The maximum absolute atomic E-state index is 14.4. The van der Waals surface area contributed by atoms with Gasteiger partial charge >= 0.3 is 5.97 Å². The van der Waals surface area contributed by atoms with Crippen molar-refractivity contribution < 1.29 is 39.1 Å². The highest BCUT2D eigenvalue weighted by molar-refractivity contribution is 9.10. The van der Waals surface area contributed by atoms with Crippen LogP contribution in [-0.2, 0) is 20.6 Å². The van der Waals surface area contributed by atoms with Gasteiger partial charge in [-0.15, -0.1) is 0 Å². The molecular weight excluding hydrogens is 678 g/mol. The van der Waals surface area contributed by atoms with E-state index in [1.165, 1.54) is 0 Å². The van der Waals surface area contributed by atoms with E-state index >= 15 is 0 Å². The number of likely N-dealkylation sites (N-methyl/N-ethyl adjacent to an activating group) is 1. The van der Waals surface area contributed by atoms with E-state index in [-0.39, 0.29) is 60.5 Å². The second-order valence-electron chi connectivity index (χ2n) is 15.3. The third-order valence-electron chi connectivity index (χ3n) is 14.1. The zero-order valence-corrected chi connectivity index (χ0v) is 29.4. The van der Waals surface area contributed by atoms with Gasteiger partial charge < -0.3 is 29.5 Å². The van der Waals surface area contributed by atoms with Crippen LogP contribution in [0.25, 0.3) is 0 Å². The van der Waals surface area contributed by atoms with Crippen LogP contribution in [-0.4, -0.2) is 101 Å². The van der Waals surface area contributed by atoms with Crippen LogP contribution in [0.15, 0.2) is 53.0 Å². The largest absolute Gasteiger partial charge is 0.454 e. The van der Waals surface area contributed by atoms with Gasteiger partial charge in [0.2, 0.25) is 0 Å². The third-order valence-corrected chi connectivity index (χ3v) is 14.8. The van der Waals surface area contributed by atoms with E-state index in [0.717, 1.165) is 0 Å². The predicted molar refractivity (Wildman–Crippen MR) is 179 cm³/mol. The van der Waals surface area contributed by atoms with Crippen molar-refractivity contribution in [3.63, 3.8) is 0 Å². The number of aliphatic hydroxyl groups excluding tert-OH is 1. The van der Waals surface area contributed by atoms with Crippen molar-refractivity contribution in [2.75, 3.05) is 33.9 Å². The topological polar surface area (TPSA) is 126 Å². The fraction of sp³-hybridized carbons (Fsp3) is 0.632. The maximum atomic E-state index is 14.4. The van der Waals surface area contributed by atoms with Gasteiger partial charge in [0.1, 0.15) is 16.8 Å². The molecule has 1 heterocycles. The number of methoxy groups -OCH3 is 2. The number of esters is 1. The Bertz CT molecular complexity index is 1640. The molecule has 1 aliphatic heterocycles. The van der Waals surface area contributed by atoms with Crippen LogP contribution in [0.3, 0.4) is 0 Å². The first-order valence-electron chi connectivity index (χ1n) is 17.5. The van der Waals surface area contributed by atoms with Gasteiger partial charge in [-0.05, 0) is 55.8 Å². The van der Waals surface area contributed by atoms with Gasteiger partial charge in [0, 0.05) is 85.4 Å². The fourth-order valence-corrected chi connectivity index (χ4v) is 13.1. The Labute approximate surface area is 290 Å². The zero-order valence-electron chi connectivity index (χ0n) is 27.8. The van der Waals surface area contributed by atoms with Crippen LogP contribution in [0, 0.1) is 35.0 Å². The summed E-state index contributed by atoms with van der Waals surface area (Å²) in [5, 5.41) is 36.9. The van der Waals surface area contributed by atoms with E-state index in [4.69, 9.17) is 14.2 Å². The molecule has 10 heteroatoms. The molecule has 0 amide bonds. The second-order valence-corrected chi connectivity index (χ2v) is 16.2. The monoisotopic (exact) mass is 723 g/mol. The standard InChI is InChI=1S/C38H46BrNO8/c1-4-40-20-35(48-34(43)23-10-6-5-9-21(23)15-28(42)24-11-7-8-12-27(24)39)14-13-22(19-41)37-30(35)17-26(32(37)40)36(44)18-29(46-2)25-16-31(37)38(36,45)33(25)47-3/h5-12,22,25-26,29-33,41,44-45H,4,13-20H2,1-3H3/t22-,25-,26+,29+,30?,31?,32?,33+,35-,36+,37+,38+/m1/s1. The number of benzene rings is 2. The lowest BCUT2D eigenvalue weighted by atomic mass is 9.42. The summed E-state index contributed by atoms with van der Waals surface area (Å²) in [6.07, 6.45) is 1.90. The van der Waals surface area contributed by atoms with Gasteiger partial charge in [-0.3, -0.25) is 9.69 Å². The van der Waals surface area contributed by atoms with E-state index in [9.17, 15) is 24.9 Å². The first-order chi connectivity index (χ1) is 23.0. The summed E-state index contributed by atoms with van der Waals surface area (Å²) >= 11 is 3.48. The molecule has 3 unspecified atom stereocenters. The third kappa shape index (κ3) is 3.99. The number of hydrogen-bond acceptors (Lipinski definition) is 9. The Morgan fingerprint density at radius 1 is 1.00 bits per heavy atom. The summed E-state index contributed by atoms with van der Waals surface area (Å²) in [6.45, 7) is 3.26.